The van der Waals surface area contributed by atoms with Crippen molar-refractivity contribution >= 4 is 5.97 Å². The molecule has 0 amide bonds. The highest BCUT2D eigenvalue weighted by Crippen LogP contribution is 2.08. The lowest BCUT2D eigenvalue weighted by Gasteiger charge is -2.17. The average Bonchev–Trinajstić information content (AvgIpc) is 2.45. The van der Waals surface area contributed by atoms with Crippen molar-refractivity contribution in [2.24, 2.45) is 0 Å². The summed E-state index contributed by atoms with van der Waals surface area (Å²) in [5, 5.41) is 9.93. The predicted octanol–water partition coefficient (Wildman–Crippen LogP) is 2.24. The van der Waals surface area contributed by atoms with E-state index in [2.05, 4.69) is 6.58 Å². The van der Waals surface area contributed by atoms with Crippen LogP contribution >= 0.6 is 0 Å². The number of esters is 1. The smallest absolute Gasteiger partial charge is 0.302 e. The van der Waals surface area contributed by atoms with Gasteiger partial charge in [-0.15, -0.1) is 6.58 Å². The van der Waals surface area contributed by atoms with E-state index in [9.17, 15) is 9.90 Å². The Morgan fingerprint density at radius 1 is 1.40 bits per heavy atom. The SMILES string of the molecule is C=CC(OCc1ccccc1)C(O)C=CCOC(C)=O. The number of aliphatic hydroxyl groups is 1. The van der Waals surface area contributed by atoms with E-state index in [0.717, 1.165) is 5.56 Å². The summed E-state index contributed by atoms with van der Waals surface area (Å²) in [6, 6.07) is 9.68. The first-order valence-electron chi connectivity index (χ1n) is 6.39. The number of ether oxygens (including phenoxy) is 2. The topological polar surface area (TPSA) is 55.8 Å². The van der Waals surface area contributed by atoms with Gasteiger partial charge >= 0.3 is 5.97 Å². The Kier molecular flexibility index (Phi) is 7.32. The first-order valence-corrected chi connectivity index (χ1v) is 6.39. The number of hydrogen-bond donors (Lipinski definition) is 1. The van der Waals surface area contributed by atoms with E-state index >= 15 is 0 Å². The van der Waals surface area contributed by atoms with Gasteiger partial charge in [-0.05, 0) is 11.6 Å². The Bertz CT molecular complexity index is 439. The summed E-state index contributed by atoms with van der Waals surface area (Å²) in [6.07, 6.45) is 3.31. The lowest BCUT2D eigenvalue weighted by Crippen LogP contribution is -2.25. The van der Waals surface area contributed by atoms with Gasteiger partial charge in [-0.25, -0.2) is 0 Å². The third-order valence-corrected chi connectivity index (χ3v) is 2.57. The van der Waals surface area contributed by atoms with Crippen molar-refractivity contribution in [2.45, 2.75) is 25.7 Å². The molecule has 0 heterocycles. The zero-order valence-corrected chi connectivity index (χ0v) is 11.6. The van der Waals surface area contributed by atoms with Crippen LogP contribution < -0.4 is 0 Å². The minimum Gasteiger partial charge on any atom is -0.462 e. The number of rotatable bonds is 8. The van der Waals surface area contributed by atoms with Gasteiger partial charge in [0.25, 0.3) is 0 Å². The summed E-state index contributed by atoms with van der Waals surface area (Å²) >= 11 is 0. The molecule has 20 heavy (non-hydrogen) atoms. The molecule has 0 aliphatic carbocycles. The average molecular weight is 276 g/mol. The third-order valence-electron chi connectivity index (χ3n) is 2.57. The van der Waals surface area contributed by atoms with Crippen LogP contribution in [0.1, 0.15) is 12.5 Å². The maximum absolute atomic E-state index is 10.6. The third kappa shape index (κ3) is 6.31. The summed E-state index contributed by atoms with van der Waals surface area (Å²) in [6.45, 7) is 5.51. The van der Waals surface area contributed by atoms with Crippen LogP contribution in [-0.4, -0.2) is 29.9 Å². The molecule has 4 heteroatoms. The fraction of sp³-hybridized carbons (Fsp3) is 0.312. The molecule has 0 aliphatic heterocycles. The molecule has 0 radical (unpaired) electrons. The molecule has 1 aromatic rings. The van der Waals surface area contributed by atoms with E-state index in [0.29, 0.717) is 6.61 Å². The molecular weight excluding hydrogens is 256 g/mol. The molecule has 1 N–H and O–H groups in total. The minimum atomic E-state index is -0.827. The van der Waals surface area contributed by atoms with Crippen molar-refractivity contribution in [1.82, 2.24) is 0 Å². The Balaban J connectivity index is 2.40. The molecule has 2 unspecified atom stereocenters. The summed E-state index contributed by atoms with van der Waals surface area (Å²) in [5.74, 6) is -0.357. The van der Waals surface area contributed by atoms with Crippen LogP contribution in [0.3, 0.4) is 0 Å². The summed E-state index contributed by atoms with van der Waals surface area (Å²) in [4.78, 5) is 10.6. The van der Waals surface area contributed by atoms with Gasteiger partial charge in [0, 0.05) is 6.92 Å². The number of carbonyl (C=O) groups excluding carboxylic acids is 1. The van der Waals surface area contributed by atoms with Gasteiger partial charge < -0.3 is 14.6 Å². The summed E-state index contributed by atoms with van der Waals surface area (Å²) in [5.41, 5.74) is 1.02. The van der Waals surface area contributed by atoms with Crippen molar-refractivity contribution in [3.05, 3.63) is 60.7 Å². The Labute approximate surface area is 119 Å². The van der Waals surface area contributed by atoms with Gasteiger partial charge in [0.1, 0.15) is 18.8 Å². The molecule has 108 valence electrons. The number of benzene rings is 1. The van der Waals surface area contributed by atoms with Gasteiger partial charge in [-0.1, -0.05) is 42.5 Å². The molecule has 0 saturated heterocycles. The van der Waals surface area contributed by atoms with Gasteiger partial charge in [-0.3, -0.25) is 4.79 Å². The van der Waals surface area contributed by atoms with Gasteiger partial charge in [0.15, 0.2) is 0 Å². The second-order valence-electron chi connectivity index (χ2n) is 4.22. The quantitative estimate of drug-likeness (QED) is 0.584. The highest BCUT2D eigenvalue weighted by molar-refractivity contribution is 5.65. The molecule has 2 atom stereocenters. The van der Waals surface area contributed by atoms with Crippen molar-refractivity contribution < 1.29 is 19.4 Å². The second kappa shape index (κ2) is 9.07. The highest BCUT2D eigenvalue weighted by Gasteiger charge is 2.13. The van der Waals surface area contributed by atoms with Crippen LogP contribution in [0.25, 0.3) is 0 Å². The molecular formula is C16H20O4. The van der Waals surface area contributed by atoms with Gasteiger partial charge in [-0.2, -0.15) is 0 Å². The highest BCUT2D eigenvalue weighted by atomic mass is 16.5. The maximum Gasteiger partial charge on any atom is 0.302 e. The monoisotopic (exact) mass is 276 g/mol. The molecule has 1 aromatic carbocycles. The second-order valence-corrected chi connectivity index (χ2v) is 4.22. The molecule has 0 aromatic heterocycles. The van der Waals surface area contributed by atoms with Crippen LogP contribution in [0.2, 0.25) is 0 Å². The zero-order chi connectivity index (χ0) is 14.8. The van der Waals surface area contributed by atoms with E-state index in [4.69, 9.17) is 9.47 Å². The normalized spacial score (nSPS) is 13.9. The van der Waals surface area contributed by atoms with E-state index in [-0.39, 0.29) is 12.6 Å². The number of carbonyl (C=O) groups is 1. The first-order chi connectivity index (χ1) is 9.63. The van der Waals surface area contributed by atoms with Crippen molar-refractivity contribution in [3.63, 3.8) is 0 Å². The maximum atomic E-state index is 10.6. The van der Waals surface area contributed by atoms with Crippen molar-refractivity contribution in [1.29, 1.82) is 0 Å². The molecule has 0 saturated carbocycles. The molecule has 0 fully saturated rings. The van der Waals surface area contributed by atoms with Crippen molar-refractivity contribution in [2.75, 3.05) is 6.61 Å². The van der Waals surface area contributed by atoms with Crippen LogP contribution in [0.4, 0.5) is 0 Å². The zero-order valence-electron chi connectivity index (χ0n) is 11.6. The van der Waals surface area contributed by atoms with Crippen LogP contribution in [0, 0.1) is 0 Å². The molecule has 0 spiro atoms. The minimum absolute atomic E-state index is 0.134. The summed E-state index contributed by atoms with van der Waals surface area (Å²) < 4.78 is 10.3. The summed E-state index contributed by atoms with van der Waals surface area (Å²) in [7, 11) is 0. The molecule has 0 bridgehead atoms. The largest absolute Gasteiger partial charge is 0.462 e. The van der Waals surface area contributed by atoms with Gasteiger partial charge in [0.05, 0.1) is 6.61 Å². The van der Waals surface area contributed by atoms with Crippen LogP contribution in [0.15, 0.2) is 55.1 Å². The molecule has 4 nitrogen and oxygen atoms in total. The number of aliphatic hydroxyl groups excluding tert-OH is 1. The molecule has 1 rings (SSSR count). The van der Waals surface area contributed by atoms with Crippen LogP contribution in [-0.2, 0) is 20.9 Å². The lowest BCUT2D eigenvalue weighted by atomic mass is 10.2. The fourth-order valence-electron chi connectivity index (χ4n) is 1.54. The predicted molar refractivity (Wildman–Crippen MR) is 77.0 cm³/mol. The van der Waals surface area contributed by atoms with Gasteiger partial charge in [0.2, 0.25) is 0 Å². The Hall–Kier alpha value is -1.91. The standard InChI is InChI=1S/C16H20O4/c1-3-16(15(18)10-7-11-19-13(2)17)20-12-14-8-5-4-6-9-14/h3-10,15-16,18H,1,11-12H2,2H3. The van der Waals surface area contributed by atoms with Crippen LogP contribution in [0.5, 0.6) is 0 Å². The number of hydrogen-bond acceptors (Lipinski definition) is 4. The Morgan fingerprint density at radius 2 is 2.10 bits per heavy atom. The first kappa shape index (κ1) is 16.1. The molecule has 0 aliphatic rings. The van der Waals surface area contributed by atoms with E-state index in [1.54, 1.807) is 12.2 Å². The van der Waals surface area contributed by atoms with E-state index in [1.807, 2.05) is 30.3 Å². The Morgan fingerprint density at radius 3 is 2.70 bits per heavy atom. The fourth-order valence-corrected chi connectivity index (χ4v) is 1.54. The van der Waals surface area contributed by atoms with E-state index in [1.165, 1.54) is 13.0 Å². The van der Waals surface area contributed by atoms with Crippen molar-refractivity contribution in [3.8, 4) is 0 Å². The lowest BCUT2D eigenvalue weighted by molar-refractivity contribution is -0.139. The van der Waals surface area contributed by atoms with E-state index < -0.39 is 12.2 Å².